The topological polar surface area (TPSA) is 29.3 Å². The molecule has 2 nitrogen and oxygen atoms in total. The number of hydrogen-bond acceptors (Lipinski definition) is 2. The molecule has 5 heteroatoms. The van der Waals surface area contributed by atoms with Gasteiger partial charge in [-0.3, -0.25) is 0 Å². The van der Waals surface area contributed by atoms with Gasteiger partial charge in [0, 0.05) is 19.0 Å². The zero-order valence-corrected chi connectivity index (χ0v) is 12.2. The van der Waals surface area contributed by atoms with Crippen LogP contribution in [-0.4, -0.2) is 31.1 Å². The molecule has 2 rings (SSSR count). The molecule has 118 valence electrons. The molecule has 0 spiro atoms. The van der Waals surface area contributed by atoms with E-state index in [1.807, 2.05) is 0 Å². The van der Waals surface area contributed by atoms with Crippen molar-refractivity contribution in [2.75, 3.05) is 26.2 Å². The van der Waals surface area contributed by atoms with Crippen molar-refractivity contribution in [3.8, 4) is 0 Å². The van der Waals surface area contributed by atoms with Gasteiger partial charge in [-0.1, -0.05) is 31.0 Å². The van der Waals surface area contributed by atoms with Crippen molar-refractivity contribution in [1.82, 2.24) is 4.90 Å². The van der Waals surface area contributed by atoms with Crippen LogP contribution >= 0.6 is 0 Å². The van der Waals surface area contributed by atoms with Crippen LogP contribution in [0.1, 0.15) is 42.7 Å². The Bertz CT molecular complexity index is 437. The second kappa shape index (κ2) is 7.27. The first-order valence-electron chi connectivity index (χ1n) is 7.60. The van der Waals surface area contributed by atoms with E-state index in [0.717, 1.165) is 25.7 Å². The quantitative estimate of drug-likeness (QED) is 0.920. The van der Waals surface area contributed by atoms with E-state index in [1.165, 1.54) is 37.8 Å². The van der Waals surface area contributed by atoms with Gasteiger partial charge in [0.05, 0.1) is 5.56 Å². The average molecular weight is 300 g/mol. The molecular formula is C16H23F3N2. The van der Waals surface area contributed by atoms with Crippen LogP contribution in [-0.2, 0) is 6.18 Å². The zero-order valence-electron chi connectivity index (χ0n) is 12.2. The highest BCUT2D eigenvalue weighted by molar-refractivity contribution is 5.28. The Labute approximate surface area is 124 Å². The molecule has 1 atom stereocenters. The maximum atomic E-state index is 12.8. The van der Waals surface area contributed by atoms with Crippen LogP contribution in [0.3, 0.4) is 0 Å². The molecule has 0 amide bonds. The first-order valence-corrected chi connectivity index (χ1v) is 7.60. The molecule has 0 saturated carbocycles. The standard InChI is InChI=1S/C16H23F3N2/c17-16(18,19)15-7-5-6-13(10-15)14(11-20)12-21-8-3-1-2-4-9-21/h5-7,10,14H,1-4,8-9,11-12,20H2. The van der Waals surface area contributed by atoms with E-state index in [0.29, 0.717) is 12.1 Å². The Kier molecular flexibility index (Phi) is 5.65. The highest BCUT2D eigenvalue weighted by Crippen LogP contribution is 2.31. The highest BCUT2D eigenvalue weighted by atomic mass is 19.4. The summed E-state index contributed by atoms with van der Waals surface area (Å²) in [5, 5.41) is 0. The zero-order chi connectivity index (χ0) is 15.3. The molecule has 0 aliphatic carbocycles. The van der Waals surface area contributed by atoms with E-state index >= 15 is 0 Å². The van der Waals surface area contributed by atoms with Crippen molar-refractivity contribution in [3.05, 3.63) is 35.4 Å². The molecule has 1 aliphatic heterocycles. The van der Waals surface area contributed by atoms with Crippen LogP contribution < -0.4 is 5.73 Å². The lowest BCUT2D eigenvalue weighted by Crippen LogP contribution is -2.32. The van der Waals surface area contributed by atoms with Gasteiger partial charge in [-0.05, 0) is 37.6 Å². The second-order valence-corrected chi connectivity index (χ2v) is 5.77. The molecule has 0 aromatic heterocycles. The van der Waals surface area contributed by atoms with Crippen LogP contribution in [0.2, 0.25) is 0 Å². The van der Waals surface area contributed by atoms with Gasteiger partial charge in [-0.2, -0.15) is 13.2 Å². The lowest BCUT2D eigenvalue weighted by molar-refractivity contribution is -0.137. The fraction of sp³-hybridized carbons (Fsp3) is 0.625. The third-order valence-corrected chi connectivity index (χ3v) is 4.15. The summed E-state index contributed by atoms with van der Waals surface area (Å²) in [5.41, 5.74) is 5.91. The number of halogens is 3. The Balaban J connectivity index is 2.09. The lowest BCUT2D eigenvalue weighted by Gasteiger charge is -2.26. The highest BCUT2D eigenvalue weighted by Gasteiger charge is 2.31. The SMILES string of the molecule is NCC(CN1CCCCCC1)c1cccc(C(F)(F)F)c1. The summed E-state index contributed by atoms with van der Waals surface area (Å²) in [6.45, 7) is 3.17. The summed E-state index contributed by atoms with van der Waals surface area (Å²) >= 11 is 0. The molecule has 1 fully saturated rings. The molecule has 0 radical (unpaired) electrons. The van der Waals surface area contributed by atoms with Crippen LogP contribution in [0, 0.1) is 0 Å². The Morgan fingerprint density at radius 3 is 2.33 bits per heavy atom. The van der Waals surface area contributed by atoms with Gasteiger partial charge < -0.3 is 10.6 Å². The summed E-state index contributed by atoms with van der Waals surface area (Å²) in [4.78, 5) is 2.34. The van der Waals surface area contributed by atoms with Gasteiger partial charge in [0.2, 0.25) is 0 Å². The van der Waals surface area contributed by atoms with Crippen LogP contribution in [0.4, 0.5) is 13.2 Å². The van der Waals surface area contributed by atoms with E-state index in [9.17, 15) is 13.2 Å². The predicted octanol–water partition coefficient (Wildman–Crippen LogP) is 3.62. The molecule has 1 unspecified atom stereocenters. The number of hydrogen-bond donors (Lipinski definition) is 1. The van der Waals surface area contributed by atoms with Crippen molar-refractivity contribution in [1.29, 1.82) is 0 Å². The molecule has 2 N–H and O–H groups in total. The summed E-state index contributed by atoms with van der Waals surface area (Å²) < 4.78 is 38.4. The van der Waals surface area contributed by atoms with Crippen molar-refractivity contribution in [2.45, 2.75) is 37.8 Å². The van der Waals surface area contributed by atoms with E-state index in [1.54, 1.807) is 6.07 Å². The van der Waals surface area contributed by atoms with Crippen molar-refractivity contribution in [3.63, 3.8) is 0 Å². The number of nitrogens with two attached hydrogens (primary N) is 1. The second-order valence-electron chi connectivity index (χ2n) is 5.77. The van der Waals surface area contributed by atoms with E-state index in [-0.39, 0.29) is 5.92 Å². The minimum atomic E-state index is -4.29. The van der Waals surface area contributed by atoms with Crippen molar-refractivity contribution in [2.24, 2.45) is 5.73 Å². The van der Waals surface area contributed by atoms with E-state index < -0.39 is 11.7 Å². The molecule has 1 heterocycles. The van der Waals surface area contributed by atoms with Gasteiger partial charge in [0.25, 0.3) is 0 Å². The maximum absolute atomic E-state index is 12.8. The van der Waals surface area contributed by atoms with Gasteiger partial charge >= 0.3 is 6.18 Å². The van der Waals surface area contributed by atoms with Gasteiger partial charge in [-0.25, -0.2) is 0 Å². The summed E-state index contributed by atoms with van der Waals surface area (Å²) in [6.07, 6.45) is 0.526. The molecule has 0 bridgehead atoms. The molecule has 21 heavy (non-hydrogen) atoms. The first kappa shape index (κ1) is 16.3. The molecule has 1 aliphatic rings. The third-order valence-electron chi connectivity index (χ3n) is 4.15. The number of likely N-dealkylation sites (tertiary alicyclic amines) is 1. The first-order chi connectivity index (χ1) is 10.0. The largest absolute Gasteiger partial charge is 0.416 e. The minimum Gasteiger partial charge on any atom is -0.330 e. The number of nitrogens with zero attached hydrogens (tertiary/aromatic N) is 1. The summed E-state index contributed by atoms with van der Waals surface area (Å²) in [5.74, 6) is -0.0367. The Hall–Kier alpha value is -1.07. The fourth-order valence-electron chi connectivity index (χ4n) is 2.92. The molecule has 1 saturated heterocycles. The number of rotatable bonds is 4. The third kappa shape index (κ3) is 4.71. The number of alkyl halides is 3. The minimum absolute atomic E-state index is 0.0367. The smallest absolute Gasteiger partial charge is 0.330 e. The van der Waals surface area contributed by atoms with Crippen LogP contribution in [0.5, 0.6) is 0 Å². The maximum Gasteiger partial charge on any atom is 0.416 e. The molecule has 1 aromatic rings. The fourth-order valence-corrected chi connectivity index (χ4v) is 2.92. The lowest BCUT2D eigenvalue weighted by atomic mass is 9.96. The monoisotopic (exact) mass is 300 g/mol. The Morgan fingerprint density at radius 2 is 1.76 bits per heavy atom. The normalized spacial score (nSPS) is 19.2. The van der Waals surface area contributed by atoms with Gasteiger partial charge in [0.15, 0.2) is 0 Å². The average Bonchev–Trinajstić information content (AvgIpc) is 2.72. The Morgan fingerprint density at radius 1 is 1.10 bits per heavy atom. The predicted molar refractivity (Wildman–Crippen MR) is 78.1 cm³/mol. The van der Waals surface area contributed by atoms with Gasteiger partial charge in [-0.15, -0.1) is 0 Å². The number of benzene rings is 1. The van der Waals surface area contributed by atoms with Gasteiger partial charge in [0.1, 0.15) is 0 Å². The van der Waals surface area contributed by atoms with E-state index in [2.05, 4.69) is 4.90 Å². The van der Waals surface area contributed by atoms with Crippen LogP contribution in [0.15, 0.2) is 24.3 Å². The molecule has 1 aromatic carbocycles. The van der Waals surface area contributed by atoms with Crippen molar-refractivity contribution < 1.29 is 13.2 Å². The van der Waals surface area contributed by atoms with Crippen LogP contribution in [0.25, 0.3) is 0 Å². The van der Waals surface area contributed by atoms with Crippen molar-refractivity contribution >= 4 is 0 Å². The molecular weight excluding hydrogens is 277 g/mol. The van der Waals surface area contributed by atoms with E-state index in [4.69, 9.17) is 5.73 Å². The summed E-state index contributed by atoms with van der Waals surface area (Å²) in [6, 6.07) is 5.59. The summed E-state index contributed by atoms with van der Waals surface area (Å²) in [7, 11) is 0.